The fourth-order valence-electron chi connectivity index (χ4n) is 2.71. The summed E-state index contributed by atoms with van der Waals surface area (Å²) in [5, 5.41) is 13.5. The predicted molar refractivity (Wildman–Crippen MR) is 109 cm³/mol. The van der Waals surface area contributed by atoms with E-state index >= 15 is 0 Å². The molecule has 3 N–H and O–H groups in total. The van der Waals surface area contributed by atoms with Crippen LogP contribution in [0.2, 0.25) is 15.1 Å². The van der Waals surface area contributed by atoms with Crippen LogP contribution in [0.3, 0.4) is 0 Å². The van der Waals surface area contributed by atoms with Crippen molar-refractivity contribution in [2.24, 2.45) is 0 Å². The van der Waals surface area contributed by atoms with Crippen molar-refractivity contribution in [1.29, 1.82) is 0 Å². The molecule has 0 radical (unpaired) electrons. The maximum atomic E-state index is 12.2. The fourth-order valence-corrected chi connectivity index (χ4v) is 3.31. The average Bonchev–Trinajstić information content (AvgIpc) is 3.06. The molecular formula is C19H15Cl3N2O4. The van der Waals surface area contributed by atoms with Gasteiger partial charge >= 0.3 is 5.97 Å². The number of para-hydroxylation sites is 1. The number of benzene rings is 2. The summed E-state index contributed by atoms with van der Waals surface area (Å²) in [5.74, 6) is -1.57. The Labute approximate surface area is 175 Å². The summed E-state index contributed by atoms with van der Waals surface area (Å²) in [6, 6.07) is 9.20. The monoisotopic (exact) mass is 440 g/mol. The highest BCUT2D eigenvalue weighted by molar-refractivity contribution is 6.43. The lowest BCUT2D eigenvalue weighted by Gasteiger charge is -2.15. The lowest BCUT2D eigenvalue weighted by atomic mass is 10.1. The number of H-pyrrole nitrogens is 1. The molecule has 1 amide bonds. The molecular weight excluding hydrogens is 427 g/mol. The van der Waals surface area contributed by atoms with E-state index in [0.29, 0.717) is 0 Å². The number of hydrogen-bond donors (Lipinski definition) is 3. The van der Waals surface area contributed by atoms with Gasteiger partial charge < -0.3 is 20.1 Å². The van der Waals surface area contributed by atoms with Gasteiger partial charge in [0, 0.05) is 29.6 Å². The van der Waals surface area contributed by atoms with Crippen LogP contribution >= 0.6 is 34.8 Å². The smallest absolute Gasteiger partial charge is 0.326 e. The van der Waals surface area contributed by atoms with E-state index in [1.54, 1.807) is 6.20 Å². The van der Waals surface area contributed by atoms with Crippen molar-refractivity contribution in [2.75, 3.05) is 6.61 Å². The van der Waals surface area contributed by atoms with Gasteiger partial charge in [-0.3, -0.25) is 4.79 Å². The zero-order valence-electron chi connectivity index (χ0n) is 14.3. The number of halogens is 3. The Morgan fingerprint density at radius 2 is 1.82 bits per heavy atom. The summed E-state index contributed by atoms with van der Waals surface area (Å²) >= 11 is 17.7. The maximum absolute atomic E-state index is 12.2. The molecule has 0 saturated carbocycles. The van der Waals surface area contributed by atoms with Gasteiger partial charge in [0.1, 0.15) is 11.8 Å². The summed E-state index contributed by atoms with van der Waals surface area (Å²) < 4.78 is 5.33. The Balaban J connectivity index is 1.65. The number of amides is 1. The van der Waals surface area contributed by atoms with Gasteiger partial charge in [0.25, 0.3) is 5.91 Å². The molecule has 1 aromatic heterocycles. The van der Waals surface area contributed by atoms with Crippen LogP contribution in [0.5, 0.6) is 5.75 Å². The van der Waals surface area contributed by atoms with Crippen LogP contribution in [-0.2, 0) is 16.0 Å². The van der Waals surface area contributed by atoms with Gasteiger partial charge in [-0.2, -0.15) is 0 Å². The van der Waals surface area contributed by atoms with Crippen molar-refractivity contribution in [3.05, 3.63) is 63.2 Å². The Morgan fingerprint density at radius 1 is 1.11 bits per heavy atom. The highest BCUT2D eigenvalue weighted by Crippen LogP contribution is 2.33. The van der Waals surface area contributed by atoms with Gasteiger partial charge in [-0.05, 0) is 17.7 Å². The topological polar surface area (TPSA) is 91.4 Å². The van der Waals surface area contributed by atoms with Gasteiger partial charge in [0.05, 0.1) is 15.1 Å². The zero-order valence-corrected chi connectivity index (χ0v) is 16.6. The molecule has 0 aliphatic carbocycles. The first-order chi connectivity index (χ1) is 13.3. The third-order valence-corrected chi connectivity index (χ3v) is 5.08. The number of carboxylic acids is 1. The van der Waals surface area contributed by atoms with Gasteiger partial charge in [-0.1, -0.05) is 53.0 Å². The lowest BCUT2D eigenvalue weighted by molar-refractivity contribution is -0.142. The van der Waals surface area contributed by atoms with Crippen molar-refractivity contribution in [2.45, 2.75) is 12.5 Å². The quantitative estimate of drug-likeness (QED) is 0.476. The highest BCUT2D eigenvalue weighted by atomic mass is 35.5. The molecule has 0 spiro atoms. The second-order valence-corrected chi connectivity index (χ2v) is 7.23. The van der Waals surface area contributed by atoms with Crippen LogP contribution in [0.1, 0.15) is 5.56 Å². The summed E-state index contributed by atoms with van der Waals surface area (Å²) in [4.78, 5) is 26.8. The first-order valence-electron chi connectivity index (χ1n) is 8.19. The summed E-state index contributed by atoms with van der Waals surface area (Å²) in [7, 11) is 0. The third kappa shape index (κ3) is 4.70. The molecule has 28 heavy (non-hydrogen) atoms. The fraction of sp³-hybridized carbons (Fsp3) is 0.158. The van der Waals surface area contributed by atoms with E-state index in [1.165, 1.54) is 12.1 Å². The number of carboxylic acid groups (broad SMARTS) is 1. The van der Waals surface area contributed by atoms with Crippen LogP contribution in [0.15, 0.2) is 42.6 Å². The maximum Gasteiger partial charge on any atom is 0.326 e. The lowest BCUT2D eigenvalue weighted by Crippen LogP contribution is -2.44. The molecule has 0 bridgehead atoms. The van der Waals surface area contributed by atoms with Crippen molar-refractivity contribution in [3.63, 3.8) is 0 Å². The van der Waals surface area contributed by atoms with Crippen LogP contribution in [0.4, 0.5) is 0 Å². The van der Waals surface area contributed by atoms with Crippen LogP contribution in [0.25, 0.3) is 10.9 Å². The van der Waals surface area contributed by atoms with Gasteiger partial charge in [-0.25, -0.2) is 4.79 Å². The molecule has 3 aromatic rings. The van der Waals surface area contributed by atoms with E-state index in [-0.39, 0.29) is 27.2 Å². The summed E-state index contributed by atoms with van der Waals surface area (Å²) in [6.07, 6.45) is 1.86. The molecule has 1 heterocycles. The van der Waals surface area contributed by atoms with E-state index in [9.17, 15) is 14.7 Å². The minimum atomic E-state index is -1.15. The number of nitrogens with one attached hydrogen (secondary N) is 2. The number of hydrogen-bond acceptors (Lipinski definition) is 3. The van der Waals surface area contributed by atoms with Crippen molar-refractivity contribution in [3.8, 4) is 5.75 Å². The summed E-state index contributed by atoms with van der Waals surface area (Å²) in [5.41, 5.74) is 1.68. The number of carbonyl (C=O) groups is 2. The van der Waals surface area contributed by atoms with Crippen LogP contribution in [0, 0.1) is 0 Å². The van der Waals surface area contributed by atoms with Gasteiger partial charge in [0.2, 0.25) is 0 Å². The Hall–Kier alpha value is -2.41. The number of aromatic nitrogens is 1. The summed E-state index contributed by atoms with van der Waals surface area (Å²) in [6.45, 7) is -0.421. The molecule has 1 atom stereocenters. The molecule has 0 aliphatic heterocycles. The molecule has 146 valence electrons. The molecule has 6 nitrogen and oxygen atoms in total. The number of fused-ring (bicyclic) bond motifs is 1. The van der Waals surface area contributed by atoms with Gasteiger partial charge in [-0.15, -0.1) is 0 Å². The minimum Gasteiger partial charge on any atom is -0.482 e. The second-order valence-electron chi connectivity index (χ2n) is 6.01. The highest BCUT2D eigenvalue weighted by Gasteiger charge is 2.22. The Bertz CT molecular complexity index is 1040. The predicted octanol–water partition coefficient (Wildman–Crippen LogP) is 4.32. The van der Waals surface area contributed by atoms with Crippen molar-refractivity contribution < 1.29 is 19.4 Å². The van der Waals surface area contributed by atoms with Crippen molar-refractivity contribution >= 4 is 57.6 Å². The standard InChI is InChI=1S/C19H15Cl3N2O4/c20-12-6-14(22)17(7-13(12)21)28-9-18(25)24-16(19(26)27)5-10-8-23-15-4-2-1-3-11(10)15/h1-4,6-8,16,23H,5,9H2,(H,24,25)(H,26,27)/t16-/m0/s1. The van der Waals surface area contributed by atoms with Crippen molar-refractivity contribution in [1.82, 2.24) is 10.3 Å². The van der Waals surface area contributed by atoms with Gasteiger partial charge in [0.15, 0.2) is 6.61 Å². The van der Waals surface area contributed by atoms with Crippen LogP contribution in [-0.4, -0.2) is 34.6 Å². The first-order valence-corrected chi connectivity index (χ1v) is 9.33. The molecule has 0 fully saturated rings. The third-order valence-electron chi connectivity index (χ3n) is 4.07. The Kier molecular flexibility index (Phi) is 6.34. The Morgan fingerprint density at radius 3 is 2.57 bits per heavy atom. The molecule has 2 aromatic carbocycles. The average molecular weight is 442 g/mol. The van der Waals surface area contributed by atoms with E-state index in [4.69, 9.17) is 39.5 Å². The SMILES string of the molecule is O=C(COc1cc(Cl)c(Cl)cc1Cl)N[C@@H](Cc1c[nH]c2ccccc12)C(=O)O. The van der Waals surface area contributed by atoms with E-state index < -0.39 is 24.5 Å². The normalized spacial score (nSPS) is 12.0. The number of carbonyl (C=O) groups excluding carboxylic acids is 1. The minimum absolute atomic E-state index is 0.124. The number of rotatable bonds is 7. The molecule has 9 heteroatoms. The molecule has 0 unspecified atom stereocenters. The van der Waals surface area contributed by atoms with E-state index in [0.717, 1.165) is 16.5 Å². The van der Waals surface area contributed by atoms with Crippen LogP contribution < -0.4 is 10.1 Å². The number of aliphatic carboxylic acids is 1. The number of aromatic amines is 1. The molecule has 0 aliphatic rings. The second kappa shape index (κ2) is 8.73. The van der Waals surface area contributed by atoms with E-state index in [1.807, 2.05) is 24.3 Å². The zero-order chi connectivity index (χ0) is 20.3. The largest absolute Gasteiger partial charge is 0.482 e. The molecule has 0 saturated heterocycles. The molecule has 3 rings (SSSR count). The first kappa shape index (κ1) is 20.3. The number of ether oxygens (including phenoxy) is 1. The van der Waals surface area contributed by atoms with E-state index in [2.05, 4.69) is 10.3 Å².